The van der Waals surface area contributed by atoms with Gasteiger partial charge in [0.15, 0.2) is 0 Å². The second kappa shape index (κ2) is 5.36. The van der Waals surface area contributed by atoms with Crippen molar-refractivity contribution in [1.29, 1.82) is 0 Å². The Kier molecular flexibility index (Phi) is 3.58. The first-order valence-electron chi connectivity index (χ1n) is 6.45. The number of aromatic nitrogens is 3. The maximum atomic E-state index is 11.9. The van der Waals surface area contributed by atoms with E-state index in [9.17, 15) is 9.90 Å². The van der Waals surface area contributed by atoms with Gasteiger partial charge in [-0.25, -0.2) is 4.98 Å². The van der Waals surface area contributed by atoms with Crippen molar-refractivity contribution >= 4 is 16.3 Å². The average molecular weight is 280 g/mol. The molecule has 1 aliphatic heterocycles. The summed E-state index contributed by atoms with van der Waals surface area (Å²) < 4.78 is 1.31. The van der Waals surface area contributed by atoms with Gasteiger partial charge in [0.25, 0.3) is 5.56 Å². The summed E-state index contributed by atoms with van der Waals surface area (Å²) in [4.78, 5) is 19.1. The SMILES string of the molecule is O=c1cc(CN2CCCCC2CO)nc2scnn12. The highest BCUT2D eigenvalue weighted by molar-refractivity contribution is 7.14. The largest absolute Gasteiger partial charge is 0.395 e. The topological polar surface area (TPSA) is 70.7 Å². The van der Waals surface area contributed by atoms with E-state index in [2.05, 4.69) is 15.0 Å². The Balaban J connectivity index is 1.85. The Labute approximate surface area is 114 Å². The summed E-state index contributed by atoms with van der Waals surface area (Å²) in [6, 6.07) is 1.73. The summed E-state index contributed by atoms with van der Waals surface area (Å²) in [6.45, 7) is 1.74. The molecule has 0 amide bonds. The third-order valence-electron chi connectivity index (χ3n) is 3.56. The number of rotatable bonds is 3. The first-order chi connectivity index (χ1) is 9.28. The van der Waals surface area contributed by atoms with E-state index >= 15 is 0 Å². The van der Waals surface area contributed by atoms with Gasteiger partial charge in [0.05, 0.1) is 12.3 Å². The fourth-order valence-electron chi connectivity index (χ4n) is 2.56. The highest BCUT2D eigenvalue weighted by Gasteiger charge is 2.22. The minimum atomic E-state index is -0.140. The highest BCUT2D eigenvalue weighted by Crippen LogP contribution is 2.18. The van der Waals surface area contributed by atoms with Crippen molar-refractivity contribution in [3.05, 3.63) is 27.6 Å². The van der Waals surface area contributed by atoms with E-state index in [0.29, 0.717) is 11.5 Å². The Hall–Kier alpha value is -1.31. The van der Waals surface area contributed by atoms with Crippen molar-refractivity contribution in [3.63, 3.8) is 0 Å². The molecule has 1 saturated heterocycles. The first kappa shape index (κ1) is 12.7. The third kappa shape index (κ3) is 2.54. The van der Waals surface area contributed by atoms with Gasteiger partial charge >= 0.3 is 0 Å². The molecule has 1 fully saturated rings. The molecule has 0 spiro atoms. The molecule has 0 radical (unpaired) electrons. The summed E-state index contributed by atoms with van der Waals surface area (Å²) in [6.07, 6.45) is 3.31. The van der Waals surface area contributed by atoms with Gasteiger partial charge in [-0.3, -0.25) is 9.69 Å². The van der Waals surface area contributed by atoms with E-state index in [0.717, 1.165) is 31.5 Å². The molecule has 19 heavy (non-hydrogen) atoms. The van der Waals surface area contributed by atoms with E-state index in [4.69, 9.17) is 0 Å². The molecule has 7 heteroatoms. The second-order valence-corrected chi connectivity index (χ2v) is 5.63. The minimum Gasteiger partial charge on any atom is -0.395 e. The molecule has 3 rings (SSSR count). The van der Waals surface area contributed by atoms with Crippen LogP contribution in [-0.4, -0.2) is 43.8 Å². The number of likely N-dealkylation sites (tertiary alicyclic amines) is 1. The smallest absolute Gasteiger partial charge is 0.275 e. The van der Waals surface area contributed by atoms with Crippen LogP contribution in [0.3, 0.4) is 0 Å². The molecule has 1 unspecified atom stereocenters. The molecule has 1 aliphatic rings. The molecule has 2 aromatic heterocycles. The van der Waals surface area contributed by atoms with Crippen LogP contribution >= 0.6 is 11.3 Å². The van der Waals surface area contributed by atoms with Gasteiger partial charge in [0.2, 0.25) is 4.96 Å². The zero-order chi connectivity index (χ0) is 13.2. The molecule has 0 bridgehead atoms. The van der Waals surface area contributed by atoms with Crippen LogP contribution in [0.1, 0.15) is 25.0 Å². The van der Waals surface area contributed by atoms with Crippen molar-refractivity contribution in [2.75, 3.05) is 13.2 Å². The zero-order valence-corrected chi connectivity index (χ0v) is 11.3. The summed E-state index contributed by atoms with van der Waals surface area (Å²) in [5.74, 6) is 0. The fourth-order valence-corrected chi connectivity index (χ4v) is 3.21. The number of nitrogens with zero attached hydrogens (tertiary/aromatic N) is 4. The number of aliphatic hydroxyl groups is 1. The van der Waals surface area contributed by atoms with Gasteiger partial charge < -0.3 is 5.11 Å². The Morgan fingerprint density at radius 3 is 3.21 bits per heavy atom. The van der Waals surface area contributed by atoms with Crippen molar-refractivity contribution in [2.24, 2.45) is 0 Å². The molecule has 3 heterocycles. The zero-order valence-electron chi connectivity index (χ0n) is 10.5. The van der Waals surface area contributed by atoms with Crippen molar-refractivity contribution in [3.8, 4) is 0 Å². The second-order valence-electron chi connectivity index (χ2n) is 4.82. The summed E-state index contributed by atoms with van der Waals surface area (Å²) in [5.41, 5.74) is 2.23. The predicted molar refractivity (Wildman–Crippen MR) is 72.3 cm³/mol. The molecular weight excluding hydrogens is 264 g/mol. The third-order valence-corrected chi connectivity index (χ3v) is 4.24. The molecule has 102 valence electrons. The molecule has 0 aliphatic carbocycles. The van der Waals surface area contributed by atoms with Crippen LogP contribution in [-0.2, 0) is 6.54 Å². The lowest BCUT2D eigenvalue weighted by Gasteiger charge is -2.34. The van der Waals surface area contributed by atoms with E-state index in [1.54, 1.807) is 5.51 Å². The van der Waals surface area contributed by atoms with E-state index < -0.39 is 0 Å². The number of piperidine rings is 1. The summed E-state index contributed by atoms with van der Waals surface area (Å²) in [5, 5.41) is 13.3. The molecule has 6 nitrogen and oxygen atoms in total. The van der Waals surface area contributed by atoms with E-state index in [1.165, 1.54) is 21.9 Å². The van der Waals surface area contributed by atoms with Gasteiger partial charge in [-0.15, -0.1) is 0 Å². The summed E-state index contributed by atoms with van der Waals surface area (Å²) >= 11 is 1.36. The molecular formula is C12H16N4O2S. The van der Waals surface area contributed by atoms with Gasteiger partial charge in [-0.2, -0.15) is 9.61 Å². The van der Waals surface area contributed by atoms with Crippen LogP contribution in [0.5, 0.6) is 0 Å². The monoisotopic (exact) mass is 280 g/mol. The normalized spacial score (nSPS) is 21.0. The number of hydrogen-bond acceptors (Lipinski definition) is 6. The Morgan fingerprint density at radius 2 is 2.37 bits per heavy atom. The summed E-state index contributed by atoms with van der Waals surface area (Å²) in [7, 11) is 0. The van der Waals surface area contributed by atoms with Gasteiger partial charge in [0.1, 0.15) is 5.51 Å². The standard InChI is InChI=1S/C12H16N4O2S/c17-7-10-3-1-2-4-15(10)6-9-5-11(18)16-12(14-9)19-8-13-16/h5,8,10,17H,1-4,6-7H2. The number of aliphatic hydroxyl groups excluding tert-OH is 1. The predicted octanol–water partition coefficient (Wildman–Crippen LogP) is 0.498. The maximum absolute atomic E-state index is 11.9. The molecule has 1 N–H and O–H groups in total. The van der Waals surface area contributed by atoms with E-state index in [1.807, 2.05) is 0 Å². The van der Waals surface area contributed by atoms with Crippen LogP contribution < -0.4 is 5.56 Å². The quantitative estimate of drug-likeness (QED) is 0.886. The van der Waals surface area contributed by atoms with Crippen LogP contribution in [0.2, 0.25) is 0 Å². The van der Waals surface area contributed by atoms with Crippen molar-refractivity contribution < 1.29 is 5.11 Å². The molecule has 0 aromatic carbocycles. The Bertz CT molecular complexity index is 623. The van der Waals surface area contributed by atoms with Crippen molar-refractivity contribution in [2.45, 2.75) is 31.8 Å². The molecule has 1 atom stereocenters. The van der Waals surface area contributed by atoms with Crippen molar-refractivity contribution in [1.82, 2.24) is 19.5 Å². The minimum absolute atomic E-state index is 0.140. The lowest BCUT2D eigenvalue weighted by molar-refractivity contribution is 0.0831. The fraction of sp³-hybridized carbons (Fsp3) is 0.583. The molecule has 0 saturated carbocycles. The lowest BCUT2D eigenvalue weighted by Crippen LogP contribution is -2.41. The number of fused-ring (bicyclic) bond motifs is 1. The molecule has 2 aromatic rings. The maximum Gasteiger partial charge on any atom is 0.275 e. The highest BCUT2D eigenvalue weighted by atomic mass is 32.1. The van der Waals surface area contributed by atoms with Gasteiger partial charge in [-0.1, -0.05) is 17.8 Å². The first-order valence-corrected chi connectivity index (χ1v) is 7.33. The van der Waals surface area contributed by atoms with Crippen LogP contribution in [0, 0.1) is 0 Å². The van der Waals surface area contributed by atoms with Crippen LogP contribution in [0.15, 0.2) is 16.4 Å². The van der Waals surface area contributed by atoms with Gasteiger partial charge in [-0.05, 0) is 19.4 Å². The number of hydrogen-bond donors (Lipinski definition) is 1. The average Bonchev–Trinajstić information content (AvgIpc) is 2.88. The van der Waals surface area contributed by atoms with Gasteiger partial charge in [0, 0.05) is 18.7 Å². The van der Waals surface area contributed by atoms with Crippen LogP contribution in [0.4, 0.5) is 0 Å². The lowest BCUT2D eigenvalue weighted by atomic mass is 10.0. The van der Waals surface area contributed by atoms with Crippen LogP contribution in [0.25, 0.3) is 4.96 Å². The Morgan fingerprint density at radius 1 is 1.47 bits per heavy atom. The van der Waals surface area contributed by atoms with E-state index in [-0.39, 0.29) is 18.2 Å².